The lowest BCUT2D eigenvalue weighted by molar-refractivity contribution is -0.130. The molecule has 3 heterocycles. The van der Waals surface area contributed by atoms with Crippen molar-refractivity contribution in [2.75, 3.05) is 19.6 Å². The number of hydrogen-bond donors (Lipinski definition) is 1. The molecule has 7 heteroatoms. The second-order valence-electron chi connectivity index (χ2n) is 9.02. The van der Waals surface area contributed by atoms with Gasteiger partial charge < -0.3 is 10.2 Å². The summed E-state index contributed by atoms with van der Waals surface area (Å²) in [5, 5.41) is 3.13. The molecule has 7 nitrogen and oxygen atoms in total. The summed E-state index contributed by atoms with van der Waals surface area (Å²) in [6.07, 6.45) is 9.20. The molecule has 33 heavy (non-hydrogen) atoms. The molecule has 0 aliphatic carbocycles. The van der Waals surface area contributed by atoms with Crippen molar-refractivity contribution in [3.63, 3.8) is 0 Å². The highest BCUT2D eigenvalue weighted by Crippen LogP contribution is 2.38. The molecule has 1 unspecified atom stereocenters. The average Bonchev–Trinajstić information content (AvgIpc) is 3.28. The number of amides is 2. The number of nitrogens with one attached hydrogen (secondary N) is 1. The lowest BCUT2D eigenvalue weighted by atomic mass is 9.78. The van der Waals surface area contributed by atoms with Crippen LogP contribution in [-0.4, -0.2) is 51.3 Å². The van der Waals surface area contributed by atoms with E-state index in [0.29, 0.717) is 44.1 Å². The summed E-state index contributed by atoms with van der Waals surface area (Å²) in [4.78, 5) is 40.6. The molecule has 170 valence electrons. The Balaban J connectivity index is 1.65. The maximum atomic E-state index is 13.5. The minimum atomic E-state index is -0.712. The molecule has 1 aromatic carbocycles. The Morgan fingerprint density at radius 1 is 1.06 bits per heavy atom. The van der Waals surface area contributed by atoms with Crippen LogP contribution in [0, 0.1) is 11.3 Å². The molecule has 2 aromatic heterocycles. The standard InChI is InChI=1S/C26H29N5O2/c1-19(2)16-30-25(33)26(9-14-31(18-26)24(32)23-17-28-12-13-29-23)15-21-5-3-4-6-22(21)20-7-10-27-11-8-20/h3-8,10-13,17,19H,9,14-16,18H2,1-2H3,(H,30,33). The van der Waals surface area contributed by atoms with Crippen LogP contribution < -0.4 is 5.32 Å². The van der Waals surface area contributed by atoms with Crippen molar-refractivity contribution in [2.45, 2.75) is 26.7 Å². The van der Waals surface area contributed by atoms with Crippen molar-refractivity contribution in [1.29, 1.82) is 0 Å². The van der Waals surface area contributed by atoms with Crippen molar-refractivity contribution in [3.8, 4) is 11.1 Å². The number of likely N-dealkylation sites (tertiary alicyclic amines) is 1. The Labute approximate surface area is 194 Å². The number of carbonyl (C=O) groups excluding carboxylic acids is 2. The van der Waals surface area contributed by atoms with E-state index in [9.17, 15) is 9.59 Å². The zero-order valence-corrected chi connectivity index (χ0v) is 19.1. The van der Waals surface area contributed by atoms with E-state index in [0.717, 1.165) is 16.7 Å². The Kier molecular flexibility index (Phi) is 6.77. The lowest BCUT2D eigenvalue weighted by Crippen LogP contribution is -2.46. The average molecular weight is 444 g/mol. The first-order valence-corrected chi connectivity index (χ1v) is 11.3. The second kappa shape index (κ2) is 9.90. The van der Waals surface area contributed by atoms with Gasteiger partial charge in [-0.1, -0.05) is 38.1 Å². The van der Waals surface area contributed by atoms with Gasteiger partial charge in [-0.25, -0.2) is 4.98 Å². The number of rotatable bonds is 7. The van der Waals surface area contributed by atoms with Crippen LogP contribution >= 0.6 is 0 Å². The summed E-state index contributed by atoms with van der Waals surface area (Å²) < 4.78 is 0. The Bertz CT molecular complexity index is 1100. The predicted octanol–water partition coefficient (Wildman–Crippen LogP) is 3.39. The summed E-state index contributed by atoms with van der Waals surface area (Å²) in [7, 11) is 0. The van der Waals surface area contributed by atoms with Crippen molar-refractivity contribution in [2.24, 2.45) is 11.3 Å². The first kappa shape index (κ1) is 22.6. The van der Waals surface area contributed by atoms with Gasteiger partial charge >= 0.3 is 0 Å². The van der Waals surface area contributed by atoms with Crippen molar-refractivity contribution in [3.05, 3.63) is 78.6 Å². The van der Waals surface area contributed by atoms with Gasteiger partial charge in [0.05, 0.1) is 11.6 Å². The van der Waals surface area contributed by atoms with Gasteiger partial charge in [-0.15, -0.1) is 0 Å². The lowest BCUT2D eigenvalue weighted by Gasteiger charge is -2.29. The van der Waals surface area contributed by atoms with Gasteiger partial charge in [0.1, 0.15) is 5.69 Å². The Morgan fingerprint density at radius 3 is 2.58 bits per heavy atom. The molecule has 1 saturated heterocycles. The molecule has 1 atom stereocenters. The van der Waals surface area contributed by atoms with Gasteiger partial charge in [0.25, 0.3) is 5.91 Å². The van der Waals surface area contributed by atoms with E-state index in [-0.39, 0.29) is 11.8 Å². The third-order valence-electron chi connectivity index (χ3n) is 6.11. The number of hydrogen-bond acceptors (Lipinski definition) is 5. The number of nitrogens with zero attached hydrogens (tertiary/aromatic N) is 4. The van der Waals surface area contributed by atoms with Crippen LogP contribution in [0.3, 0.4) is 0 Å². The highest BCUT2D eigenvalue weighted by Gasteiger charge is 2.46. The summed E-state index contributed by atoms with van der Waals surface area (Å²) in [6.45, 7) is 5.60. The molecule has 0 bridgehead atoms. The smallest absolute Gasteiger partial charge is 0.274 e. The van der Waals surface area contributed by atoms with Gasteiger partial charge in [-0.3, -0.25) is 19.6 Å². The Hall–Kier alpha value is -3.61. The molecule has 1 N–H and O–H groups in total. The molecule has 1 fully saturated rings. The van der Waals surface area contributed by atoms with Crippen LogP contribution in [0.15, 0.2) is 67.4 Å². The zero-order chi connectivity index (χ0) is 23.3. The van der Waals surface area contributed by atoms with Gasteiger partial charge in [0.2, 0.25) is 5.91 Å². The maximum absolute atomic E-state index is 13.5. The minimum absolute atomic E-state index is 0.00447. The van der Waals surface area contributed by atoms with E-state index in [1.807, 2.05) is 24.3 Å². The number of pyridine rings is 1. The van der Waals surface area contributed by atoms with Crippen molar-refractivity contribution >= 4 is 11.8 Å². The van der Waals surface area contributed by atoms with E-state index in [2.05, 4.69) is 46.2 Å². The van der Waals surface area contributed by atoms with Crippen LogP contribution in [0.1, 0.15) is 36.3 Å². The van der Waals surface area contributed by atoms with Gasteiger partial charge in [0.15, 0.2) is 0 Å². The predicted molar refractivity (Wildman–Crippen MR) is 126 cm³/mol. The van der Waals surface area contributed by atoms with E-state index >= 15 is 0 Å². The first-order chi connectivity index (χ1) is 16.0. The fourth-order valence-electron chi connectivity index (χ4n) is 4.36. The highest BCUT2D eigenvalue weighted by molar-refractivity contribution is 5.93. The summed E-state index contributed by atoms with van der Waals surface area (Å²) in [5.41, 5.74) is 2.80. The second-order valence-corrected chi connectivity index (χ2v) is 9.02. The van der Waals surface area contributed by atoms with E-state index < -0.39 is 5.41 Å². The number of benzene rings is 1. The molecule has 1 aliphatic rings. The fraction of sp³-hybridized carbons (Fsp3) is 0.346. The molecular weight excluding hydrogens is 414 g/mol. The van der Waals surface area contributed by atoms with Crippen LogP contribution in [-0.2, 0) is 11.2 Å². The largest absolute Gasteiger partial charge is 0.355 e. The van der Waals surface area contributed by atoms with Crippen LogP contribution in [0.4, 0.5) is 0 Å². The van der Waals surface area contributed by atoms with Gasteiger partial charge in [-0.05, 0) is 47.6 Å². The third-order valence-corrected chi connectivity index (χ3v) is 6.11. The molecule has 3 aromatic rings. The van der Waals surface area contributed by atoms with E-state index in [1.165, 1.54) is 12.4 Å². The minimum Gasteiger partial charge on any atom is -0.355 e. The highest BCUT2D eigenvalue weighted by atomic mass is 16.2. The SMILES string of the molecule is CC(C)CNC(=O)C1(Cc2ccccc2-c2ccncc2)CCN(C(=O)c2cnccn2)C1. The quantitative estimate of drug-likeness (QED) is 0.605. The Morgan fingerprint density at radius 2 is 1.85 bits per heavy atom. The summed E-state index contributed by atoms with van der Waals surface area (Å²) >= 11 is 0. The fourth-order valence-corrected chi connectivity index (χ4v) is 4.36. The molecular formula is C26H29N5O2. The third kappa shape index (κ3) is 5.08. The van der Waals surface area contributed by atoms with Crippen molar-refractivity contribution in [1.82, 2.24) is 25.2 Å². The normalized spacial score (nSPS) is 17.8. The monoisotopic (exact) mass is 443 g/mol. The van der Waals surface area contributed by atoms with Crippen LogP contribution in [0.5, 0.6) is 0 Å². The zero-order valence-electron chi connectivity index (χ0n) is 19.1. The topological polar surface area (TPSA) is 88.1 Å². The van der Waals surface area contributed by atoms with Gasteiger partial charge in [-0.2, -0.15) is 0 Å². The van der Waals surface area contributed by atoms with Crippen molar-refractivity contribution < 1.29 is 9.59 Å². The number of carbonyl (C=O) groups is 2. The first-order valence-electron chi connectivity index (χ1n) is 11.3. The molecule has 4 rings (SSSR count). The molecule has 1 aliphatic heterocycles. The van der Waals surface area contributed by atoms with E-state index in [1.54, 1.807) is 23.5 Å². The summed E-state index contributed by atoms with van der Waals surface area (Å²) in [6, 6.07) is 12.1. The molecule has 0 spiro atoms. The van der Waals surface area contributed by atoms with Crippen LogP contribution in [0.25, 0.3) is 11.1 Å². The van der Waals surface area contributed by atoms with E-state index in [4.69, 9.17) is 0 Å². The maximum Gasteiger partial charge on any atom is 0.274 e. The molecule has 0 saturated carbocycles. The molecule has 0 radical (unpaired) electrons. The van der Waals surface area contributed by atoms with Crippen LogP contribution in [0.2, 0.25) is 0 Å². The number of aromatic nitrogens is 3. The molecule has 2 amide bonds. The summed E-state index contributed by atoms with van der Waals surface area (Å²) in [5.74, 6) is 0.146. The van der Waals surface area contributed by atoms with Gasteiger partial charge in [0, 0.05) is 44.4 Å².